The van der Waals surface area contributed by atoms with Gasteiger partial charge in [-0.05, 0) is 38.3 Å². The third-order valence-corrected chi connectivity index (χ3v) is 4.03. The molecule has 1 heterocycles. The highest BCUT2D eigenvalue weighted by Crippen LogP contribution is 2.15. The van der Waals surface area contributed by atoms with Gasteiger partial charge in [-0.15, -0.1) is 0 Å². The molecule has 1 saturated heterocycles. The molecule has 0 unspecified atom stereocenters. The highest BCUT2D eigenvalue weighted by atomic mass is 16.6. The molecule has 26 heavy (non-hydrogen) atoms. The molecule has 1 amide bonds. The molecule has 0 saturated carbocycles. The Morgan fingerprint density at radius 3 is 2.50 bits per heavy atom. The van der Waals surface area contributed by atoms with E-state index >= 15 is 0 Å². The summed E-state index contributed by atoms with van der Waals surface area (Å²) in [5, 5.41) is 14.4. The fourth-order valence-corrected chi connectivity index (χ4v) is 2.90. The van der Waals surface area contributed by atoms with Crippen molar-refractivity contribution in [3.05, 3.63) is 35.4 Å². The second-order valence-corrected chi connectivity index (χ2v) is 7.68. The van der Waals surface area contributed by atoms with E-state index in [1.54, 1.807) is 0 Å². The molecule has 0 bridgehead atoms. The van der Waals surface area contributed by atoms with Gasteiger partial charge in [0.25, 0.3) is 0 Å². The third-order valence-electron chi connectivity index (χ3n) is 4.03. The summed E-state index contributed by atoms with van der Waals surface area (Å²) in [4.78, 5) is 24.7. The van der Waals surface area contributed by atoms with Crippen molar-refractivity contribution in [2.75, 3.05) is 19.6 Å². The number of ether oxygens (including phenoxy) is 1. The number of nitrogens with zero attached hydrogens (tertiary/aromatic N) is 1. The summed E-state index contributed by atoms with van der Waals surface area (Å²) in [5.41, 5.74) is 1.77. The Morgan fingerprint density at radius 2 is 1.88 bits per heavy atom. The summed E-state index contributed by atoms with van der Waals surface area (Å²) in [7, 11) is 0. The maximum absolute atomic E-state index is 11.9. The van der Waals surface area contributed by atoms with E-state index in [2.05, 4.69) is 27.7 Å². The molecule has 1 atom stereocenters. The van der Waals surface area contributed by atoms with Gasteiger partial charge >= 0.3 is 12.1 Å². The van der Waals surface area contributed by atoms with Gasteiger partial charge in [-0.25, -0.2) is 4.79 Å². The van der Waals surface area contributed by atoms with E-state index in [9.17, 15) is 9.59 Å². The van der Waals surface area contributed by atoms with Crippen LogP contribution in [0.4, 0.5) is 4.79 Å². The van der Waals surface area contributed by atoms with E-state index in [1.165, 1.54) is 5.56 Å². The molecule has 144 valence electrons. The van der Waals surface area contributed by atoms with Gasteiger partial charge in [0.05, 0.1) is 6.54 Å². The fourth-order valence-electron chi connectivity index (χ4n) is 2.90. The second kappa shape index (κ2) is 9.00. The molecule has 1 aliphatic heterocycles. The first-order valence-corrected chi connectivity index (χ1v) is 8.93. The number of benzene rings is 1. The number of amides is 1. The molecule has 0 radical (unpaired) electrons. The average molecular weight is 363 g/mol. The van der Waals surface area contributed by atoms with Crippen LogP contribution >= 0.6 is 0 Å². The van der Waals surface area contributed by atoms with Gasteiger partial charge in [-0.3, -0.25) is 9.69 Å². The SMILES string of the molecule is CC(C)(C)OC(=O)N[C@H]1CCN(Cc2ccc(CNCC(=O)O)cc2)C1. The van der Waals surface area contributed by atoms with Crippen LogP contribution < -0.4 is 10.6 Å². The Kier molecular flexibility index (Phi) is 6.99. The maximum atomic E-state index is 11.9. The van der Waals surface area contributed by atoms with Crippen LogP contribution in [0.25, 0.3) is 0 Å². The Morgan fingerprint density at radius 1 is 1.23 bits per heavy atom. The smallest absolute Gasteiger partial charge is 0.407 e. The first kappa shape index (κ1) is 20.2. The lowest BCUT2D eigenvalue weighted by Crippen LogP contribution is -2.40. The van der Waals surface area contributed by atoms with E-state index in [0.29, 0.717) is 6.54 Å². The van der Waals surface area contributed by atoms with Gasteiger partial charge in [-0.1, -0.05) is 24.3 Å². The zero-order chi connectivity index (χ0) is 19.2. The van der Waals surface area contributed by atoms with Crippen molar-refractivity contribution in [1.29, 1.82) is 0 Å². The van der Waals surface area contributed by atoms with Crippen LogP contribution in [0, 0.1) is 0 Å². The topological polar surface area (TPSA) is 90.9 Å². The Balaban J connectivity index is 1.74. The number of alkyl carbamates (subject to hydrolysis) is 1. The van der Waals surface area contributed by atoms with Crippen LogP contribution in [0.3, 0.4) is 0 Å². The minimum atomic E-state index is -0.856. The van der Waals surface area contributed by atoms with Crippen molar-refractivity contribution in [1.82, 2.24) is 15.5 Å². The summed E-state index contributed by atoms with van der Waals surface area (Å²) in [6.07, 6.45) is 0.554. The number of nitrogens with one attached hydrogen (secondary N) is 2. The monoisotopic (exact) mass is 363 g/mol. The molecule has 0 spiro atoms. The van der Waals surface area contributed by atoms with Crippen molar-refractivity contribution in [2.45, 2.75) is 51.9 Å². The molecule has 7 heteroatoms. The molecule has 1 aliphatic rings. The van der Waals surface area contributed by atoms with E-state index < -0.39 is 11.6 Å². The Hall–Kier alpha value is -2.12. The van der Waals surface area contributed by atoms with Crippen LogP contribution in [0.5, 0.6) is 0 Å². The fraction of sp³-hybridized carbons (Fsp3) is 0.579. The zero-order valence-corrected chi connectivity index (χ0v) is 15.7. The molecule has 1 aromatic carbocycles. The number of carboxylic acid groups (broad SMARTS) is 1. The molecule has 3 N–H and O–H groups in total. The first-order valence-electron chi connectivity index (χ1n) is 8.93. The number of hydrogen-bond donors (Lipinski definition) is 3. The van der Waals surface area contributed by atoms with Crippen LogP contribution in [-0.2, 0) is 22.6 Å². The molecular formula is C19H29N3O4. The number of carbonyl (C=O) groups excluding carboxylic acids is 1. The van der Waals surface area contributed by atoms with E-state index in [1.807, 2.05) is 32.9 Å². The number of likely N-dealkylation sites (tertiary alicyclic amines) is 1. The van der Waals surface area contributed by atoms with Crippen molar-refractivity contribution >= 4 is 12.1 Å². The standard InChI is InChI=1S/C19H29N3O4/c1-19(2,3)26-18(25)21-16-8-9-22(13-16)12-15-6-4-14(5-7-15)10-20-11-17(23)24/h4-7,16,20H,8-13H2,1-3H3,(H,21,25)(H,23,24)/t16-/m0/s1. The van der Waals surface area contributed by atoms with Crippen LogP contribution in [0.1, 0.15) is 38.3 Å². The van der Waals surface area contributed by atoms with E-state index in [-0.39, 0.29) is 18.7 Å². The minimum absolute atomic E-state index is 0.0401. The average Bonchev–Trinajstić information content (AvgIpc) is 2.93. The van der Waals surface area contributed by atoms with Gasteiger partial charge in [0.2, 0.25) is 0 Å². The first-order chi connectivity index (χ1) is 12.2. The summed E-state index contributed by atoms with van der Waals surface area (Å²) in [5.74, 6) is -0.856. The number of hydrogen-bond acceptors (Lipinski definition) is 5. The predicted octanol–water partition coefficient (Wildman–Crippen LogP) is 1.96. The molecular weight excluding hydrogens is 334 g/mol. The van der Waals surface area contributed by atoms with Crippen molar-refractivity contribution in [3.63, 3.8) is 0 Å². The molecule has 7 nitrogen and oxygen atoms in total. The molecule has 1 fully saturated rings. The van der Waals surface area contributed by atoms with E-state index in [4.69, 9.17) is 9.84 Å². The largest absolute Gasteiger partial charge is 0.480 e. The third kappa shape index (κ3) is 7.41. The van der Waals surface area contributed by atoms with Gasteiger partial charge in [0.1, 0.15) is 5.60 Å². The number of carbonyl (C=O) groups is 2. The zero-order valence-electron chi connectivity index (χ0n) is 15.7. The second-order valence-electron chi connectivity index (χ2n) is 7.68. The molecule has 0 aliphatic carbocycles. The quantitative estimate of drug-likeness (QED) is 0.686. The van der Waals surface area contributed by atoms with Crippen LogP contribution in [0.2, 0.25) is 0 Å². The van der Waals surface area contributed by atoms with Crippen molar-refractivity contribution in [2.24, 2.45) is 0 Å². The summed E-state index contributed by atoms with van der Waals surface area (Å²) in [6.45, 7) is 8.63. The van der Waals surface area contributed by atoms with E-state index in [0.717, 1.165) is 31.6 Å². The lowest BCUT2D eigenvalue weighted by molar-refractivity contribution is -0.136. The maximum Gasteiger partial charge on any atom is 0.407 e. The predicted molar refractivity (Wildman–Crippen MR) is 98.8 cm³/mol. The van der Waals surface area contributed by atoms with Crippen molar-refractivity contribution in [3.8, 4) is 0 Å². The lowest BCUT2D eigenvalue weighted by atomic mass is 10.1. The number of carboxylic acids is 1. The van der Waals surface area contributed by atoms with Crippen molar-refractivity contribution < 1.29 is 19.4 Å². The highest BCUT2D eigenvalue weighted by molar-refractivity contribution is 5.69. The van der Waals surface area contributed by atoms with Gasteiger partial charge < -0.3 is 20.5 Å². The molecule has 0 aromatic heterocycles. The van der Waals surface area contributed by atoms with Gasteiger partial charge in [-0.2, -0.15) is 0 Å². The summed E-state index contributed by atoms with van der Waals surface area (Å²) < 4.78 is 5.30. The normalized spacial score (nSPS) is 17.9. The number of aliphatic carboxylic acids is 1. The lowest BCUT2D eigenvalue weighted by Gasteiger charge is -2.22. The molecule has 2 rings (SSSR count). The molecule has 1 aromatic rings. The Labute approximate surface area is 154 Å². The Bertz CT molecular complexity index is 610. The van der Waals surface area contributed by atoms with Crippen LogP contribution in [0.15, 0.2) is 24.3 Å². The summed E-state index contributed by atoms with van der Waals surface area (Å²) >= 11 is 0. The highest BCUT2D eigenvalue weighted by Gasteiger charge is 2.26. The van der Waals surface area contributed by atoms with Crippen LogP contribution in [-0.4, -0.2) is 53.3 Å². The number of rotatable bonds is 7. The van der Waals surface area contributed by atoms with Gasteiger partial charge in [0, 0.05) is 32.2 Å². The van der Waals surface area contributed by atoms with Gasteiger partial charge in [0.15, 0.2) is 0 Å². The minimum Gasteiger partial charge on any atom is -0.480 e. The summed E-state index contributed by atoms with van der Waals surface area (Å²) in [6, 6.07) is 8.26.